The average Bonchev–Trinajstić information content (AvgIpc) is 2.09. The van der Waals surface area contributed by atoms with E-state index in [1.807, 2.05) is 0 Å². The third kappa shape index (κ3) is 2.60. The lowest BCUT2D eigenvalue weighted by Crippen LogP contribution is -1.93. The Hall–Kier alpha value is -0.740. The van der Waals surface area contributed by atoms with Crippen LogP contribution < -0.4 is 5.73 Å². The maximum absolute atomic E-state index is 13.1. The van der Waals surface area contributed by atoms with E-state index in [-0.39, 0.29) is 10.0 Å². The van der Waals surface area contributed by atoms with Gasteiger partial charge in [0.25, 0.3) is 0 Å². The Labute approximate surface area is 83.4 Å². The van der Waals surface area contributed by atoms with Crippen molar-refractivity contribution in [1.29, 1.82) is 0 Å². The number of nitrogens with two attached hydrogens (primary N) is 1. The maximum atomic E-state index is 13.1. The SMILES string of the molecule is NCC=Cc1cc(F)c(Br)cc1F. The second-order valence-corrected chi connectivity index (χ2v) is 3.28. The molecule has 0 aliphatic carbocycles. The molecule has 1 rings (SSSR count). The Morgan fingerprint density at radius 3 is 2.62 bits per heavy atom. The van der Waals surface area contributed by atoms with Gasteiger partial charge in [0, 0.05) is 12.1 Å². The lowest BCUT2D eigenvalue weighted by molar-refractivity contribution is 0.592. The fraction of sp³-hybridized carbons (Fsp3) is 0.111. The molecule has 1 nitrogen and oxygen atoms in total. The van der Waals surface area contributed by atoms with Crippen molar-refractivity contribution < 1.29 is 8.78 Å². The molecule has 0 saturated carbocycles. The van der Waals surface area contributed by atoms with Gasteiger partial charge >= 0.3 is 0 Å². The van der Waals surface area contributed by atoms with E-state index >= 15 is 0 Å². The van der Waals surface area contributed by atoms with Crippen LogP contribution >= 0.6 is 15.9 Å². The van der Waals surface area contributed by atoms with E-state index in [0.717, 1.165) is 12.1 Å². The first-order chi connectivity index (χ1) is 6.15. The predicted molar refractivity (Wildman–Crippen MR) is 52.1 cm³/mol. The molecule has 0 fully saturated rings. The van der Waals surface area contributed by atoms with Crippen LogP contribution in [0.25, 0.3) is 6.08 Å². The van der Waals surface area contributed by atoms with Crippen molar-refractivity contribution in [2.45, 2.75) is 0 Å². The number of rotatable bonds is 2. The normalized spacial score (nSPS) is 11.1. The largest absolute Gasteiger partial charge is 0.327 e. The Morgan fingerprint density at radius 2 is 2.00 bits per heavy atom. The highest BCUT2D eigenvalue weighted by molar-refractivity contribution is 9.10. The Balaban J connectivity index is 3.08. The first kappa shape index (κ1) is 10.3. The van der Waals surface area contributed by atoms with Crippen LogP contribution in [0.3, 0.4) is 0 Å². The Morgan fingerprint density at radius 1 is 1.31 bits per heavy atom. The van der Waals surface area contributed by atoms with Crippen LogP contribution in [-0.4, -0.2) is 6.54 Å². The van der Waals surface area contributed by atoms with Crippen LogP contribution in [0.4, 0.5) is 8.78 Å². The summed E-state index contributed by atoms with van der Waals surface area (Å²) >= 11 is 2.88. The van der Waals surface area contributed by atoms with Crippen molar-refractivity contribution >= 4 is 22.0 Å². The van der Waals surface area contributed by atoms with Gasteiger partial charge in [0.2, 0.25) is 0 Å². The van der Waals surface area contributed by atoms with Crippen LogP contribution in [0.5, 0.6) is 0 Å². The minimum Gasteiger partial charge on any atom is -0.327 e. The lowest BCUT2D eigenvalue weighted by atomic mass is 10.2. The summed E-state index contributed by atoms with van der Waals surface area (Å²) in [5, 5.41) is 0. The van der Waals surface area contributed by atoms with Gasteiger partial charge in [-0.05, 0) is 28.1 Å². The topological polar surface area (TPSA) is 26.0 Å². The summed E-state index contributed by atoms with van der Waals surface area (Å²) < 4.78 is 26.1. The predicted octanol–water partition coefficient (Wildman–Crippen LogP) is 2.70. The zero-order valence-corrected chi connectivity index (χ0v) is 8.31. The quantitative estimate of drug-likeness (QED) is 0.800. The molecule has 0 aromatic heterocycles. The van der Waals surface area contributed by atoms with Crippen LogP contribution in [0.15, 0.2) is 22.7 Å². The van der Waals surface area contributed by atoms with Crippen molar-refractivity contribution in [3.05, 3.63) is 39.9 Å². The summed E-state index contributed by atoms with van der Waals surface area (Å²) in [7, 11) is 0. The molecule has 0 aliphatic heterocycles. The first-order valence-corrected chi connectivity index (χ1v) is 4.45. The van der Waals surface area contributed by atoms with Crippen LogP contribution in [-0.2, 0) is 0 Å². The van der Waals surface area contributed by atoms with E-state index in [1.54, 1.807) is 6.08 Å². The summed E-state index contributed by atoms with van der Waals surface area (Å²) in [5.74, 6) is -0.962. The van der Waals surface area contributed by atoms with Crippen LogP contribution in [0.1, 0.15) is 5.56 Å². The maximum Gasteiger partial charge on any atom is 0.138 e. The number of halogens is 3. The molecule has 0 saturated heterocycles. The molecule has 1 aromatic carbocycles. The second-order valence-electron chi connectivity index (χ2n) is 2.43. The van der Waals surface area contributed by atoms with Gasteiger partial charge in [-0.15, -0.1) is 0 Å². The van der Waals surface area contributed by atoms with Crippen molar-refractivity contribution in [2.24, 2.45) is 5.73 Å². The van der Waals surface area contributed by atoms with E-state index in [4.69, 9.17) is 5.73 Å². The van der Waals surface area contributed by atoms with Crippen LogP contribution in [0.2, 0.25) is 0 Å². The molecule has 0 spiro atoms. The van der Waals surface area contributed by atoms with Crippen LogP contribution in [0, 0.1) is 11.6 Å². The molecule has 70 valence electrons. The highest BCUT2D eigenvalue weighted by atomic mass is 79.9. The molecule has 2 N–H and O–H groups in total. The standard InChI is InChI=1S/C9H8BrF2N/c10-7-5-8(11)6(2-1-3-13)4-9(7)12/h1-2,4-5H,3,13H2. The van der Waals surface area contributed by atoms with Crippen molar-refractivity contribution in [3.63, 3.8) is 0 Å². The Bertz CT molecular complexity index is 337. The van der Waals surface area contributed by atoms with Gasteiger partial charge in [-0.1, -0.05) is 12.2 Å². The molecule has 0 atom stereocenters. The highest BCUT2D eigenvalue weighted by Gasteiger charge is 2.04. The lowest BCUT2D eigenvalue weighted by Gasteiger charge is -1.99. The van der Waals surface area contributed by atoms with Gasteiger partial charge in [0.05, 0.1) is 4.47 Å². The molecule has 0 aliphatic rings. The summed E-state index contributed by atoms with van der Waals surface area (Å²) in [6, 6.07) is 2.21. The Kier molecular flexibility index (Phi) is 3.57. The summed E-state index contributed by atoms with van der Waals surface area (Å²) in [5.41, 5.74) is 5.38. The van der Waals surface area contributed by atoms with Gasteiger partial charge in [0.15, 0.2) is 0 Å². The van der Waals surface area contributed by atoms with Gasteiger partial charge in [0.1, 0.15) is 11.6 Å². The molecule has 0 bridgehead atoms. The van der Waals surface area contributed by atoms with E-state index < -0.39 is 11.6 Å². The monoisotopic (exact) mass is 247 g/mol. The molecule has 13 heavy (non-hydrogen) atoms. The fourth-order valence-electron chi connectivity index (χ4n) is 0.861. The zero-order chi connectivity index (χ0) is 9.84. The molecule has 4 heteroatoms. The number of hydrogen-bond donors (Lipinski definition) is 1. The second kappa shape index (κ2) is 4.48. The zero-order valence-electron chi connectivity index (χ0n) is 6.73. The minimum atomic E-state index is -0.488. The molecular weight excluding hydrogens is 240 g/mol. The summed E-state index contributed by atoms with van der Waals surface area (Å²) in [6.07, 6.45) is 3.01. The van der Waals surface area contributed by atoms with E-state index in [0.29, 0.717) is 6.54 Å². The summed E-state index contributed by atoms with van der Waals surface area (Å²) in [6.45, 7) is 0.303. The van der Waals surface area contributed by atoms with Gasteiger partial charge in [-0.2, -0.15) is 0 Å². The molecule has 0 radical (unpaired) electrons. The number of benzene rings is 1. The fourth-order valence-corrected chi connectivity index (χ4v) is 1.18. The molecule has 0 amide bonds. The molecule has 1 aromatic rings. The van der Waals surface area contributed by atoms with Crippen molar-refractivity contribution in [1.82, 2.24) is 0 Å². The average molecular weight is 248 g/mol. The highest BCUT2D eigenvalue weighted by Crippen LogP contribution is 2.20. The smallest absolute Gasteiger partial charge is 0.138 e. The van der Waals surface area contributed by atoms with Crippen molar-refractivity contribution in [2.75, 3.05) is 6.54 Å². The van der Waals surface area contributed by atoms with E-state index in [1.165, 1.54) is 6.08 Å². The van der Waals surface area contributed by atoms with Gasteiger partial charge in [-0.3, -0.25) is 0 Å². The van der Waals surface area contributed by atoms with Crippen molar-refractivity contribution in [3.8, 4) is 0 Å². The third-order valence-electron chi connectivity index (χ3n) is 1.47. The first-order valence-electron chi connectivity index (χ1n) is 3.66. The third-order valence-corrected chi connectivity index (χ3v) is 2.08. The van der Waals surface area contributed by atoms with E-state index in [9.17, 15) is 8.78 Å². The minimum absolute atomic E-state index is 0.120. The molecular formula is C9H8BrF2N. The number of hydrogen-bond acceptors (Lipinski definition) is 1. The summed E-state index contributed by atoms with van der Waals surface area (Å²) in [4.78, 5) is 0. The molecule has 0 heterocycles. The van der Waals surface area contributed by atoms with Gasteiger partial charge < -0.3 is 5.73 Å². The van der Waals surface area contributed by atoms with Gasteiger partial charge in [-0.25, -0.2) is 8.78 Å². The molecule has 0 unspecified atom stereocenters. The van der Waals surface area contributed by atoms with E-state index in [2.05, 4.69) is 15.9 Å².